The van der Waals surface area contributed by atoms with E-state index in [1.807, 2.05) is 0 Å². The number of rotatable bonds is 5. The summed E-state index contributed by atoms with van der Waals surface area (Å²) in [5.74, 6) is -2.42. The molecule has 6 nitrogen and oxygen atoms in total. The maximum atomic E-state index is 12.9. The normalized spacial score (nSPS) is 15.7. The number of aromatic carboxylic acids is 1. The second-order valence-corrected chi connectivity index (χ2v) is 7.19. The molecule has 0 spiro atoms. The molecule has 1 aliphatic rings. The Morgan fingerprint density at radius 2 is 1.96 bits per heavy atom. The number of aromatic nitrogens is 1. The minimum Gasteiger partial charge on any atom is -0.476 e. The van der Waals surface area contributed by atoms with Gasteiger partial charge in [0, 0.05) is 17.7 Å². The van der Waals surface area contributed by atoms with Gasteiger partial charge in [0.1, 0.15) is 5.56 Å². The largest absolute Gasteiger partial charge is 0.476 e. The molecule has 1 heterocycles. The summed E-state index contributed by atoms with van der Waals surface area (Å²) >= 11 is 0. The zero-order chi connectivity index (χ0) is 19.2. The zero-order valence-corrected chi connectivity index (χ0v) is 14.1. The van der Waals surface area contributed by atoms with Crippen molar-refractivity contribution >= 4 is 22.6 Å². The Bertz CT molecular complexity index is 930. The molecule has 0 aliphatic heterocycles. The number of nitrogens with zero attached hydrogens (tertiary/aromatic N) is 1. The highest BCUT2D eigenvalue weighted by molar-refractivity contribution is 7.84. The van der Waals surface area contributed by atoms with Gasteiger partial charge in [0.15, 0.2) is 11.5 Å². The number of carboxylic acid groups (broad SMARTS) is 1. The van der Waals surface area contributed by atoms with E-state index in [9.17, 15) is 32.1 Å². The van der Waals surface area contributed by atoms with Crippen LogP contribution in [0.5, 0.6) is 0 Å². The van der Waals surface area contributed by atoms with Crippen molar-refractivity contribution in [2.45, 2.75) is 29.8 Å². The van der Waals surface area contributed by atoms with Crippen LogP contribution >= 0.6 is 0 Å². The Labute approximate surface area is 147 Å². The van der Waals surface area contributed by atoms with Crippen LogP contribution < -0.4 is 0 Å². The third-order valence-corrected chi connectivity index (χ3v) is 4.92. The van der Waals surface area contributed by atoms with Crippen LogP contribution in [0.25, 0.3) is 0 Å². The molecular weight excluding hydrogens is 375 g/mol. The smallest absolute Gasteiger partial charge is 0.416 e. The number of hydrogen-bond acceptors (Lipinski definition) is 5. The fourth-order valence-electron chi connectivity index (χ4n) is 2.55. The van der Waals surface area contributed by atoms with Crippen molar-refractivity contribution in [1.82, 2.24) is 5.16 Å². The first-order valence-corrected chi connectivity index (χ1v) is 8.99. The predicted molar refractivity (Wildman–Crippen MR) is 82.6 cm³/mol. The van der Waals surface area contributed by atoms with E-state index in [0.717, 1.165) is 12.3 Å². The summed E-state index contributed by atoms with van der Waals surface area (Å²) in [5, 5.41) is 12.6. The van der Waals surface area contributed by atoms with Crippen molar-refractivity contribution in [2.75, 3.05) is 6.26 Å². The van der Waals surface area contributed by atoms with Gasteiger partial charge in [-0.1, -0.05) is 5.16 Å². The van der Waals surface area contributed by atoms with Crippen molar-refractivity contribution in [3.8, 4) is 0 Å². The Balaban J connectivity index is 2.16. The summed E-state index contributed by atoms with van der Waals surface area (Å²) in [7, 11) is -1.91. The second-order valence-electron chi connectivity index (χ2n) is 5.84. The molecule has 0 radical (unpaired) electrons. The molecule has 1 aliphatic carbocycles. The first-order chi connectivity index (χ1) is 12.1. The van der Waals surface area contributed by atoms with Gasteiger partial charge in [-0.2, -0.15) is 13.2 Å². The van der Waals surface area contributed by atoms with Gasteiger partial charge >= 0.3 is 12.1 Å². The van der Waals surface area contributed by atoms with Crippen molar-refractivity contribution < 1.29 is 36.6 Å². The van der Waals surface area contributed by atoms with E-state index in [-0.39, 0.29) is 27.7 Å². The minimum atomic E-state index is -4.67. The maximum absolute atomic E-state index is 12.9. The number of benzene rings is 1. The summed E-state index contributed by atoms with van der Waals surface area (Å²) in [5.41, 5.74) is -2.23. The molecule has 26 heavy (non-hydrogen) atoms. The monoisotopic (exact) mass is 387 g/mol. The third-order valence-electron chi connectivity index (χ3n) is 3.96. The molecule has 3 rings (SSSR count). The molecule has 0 saturated heterocycles. The van der Waals surface area contributed by atoms with E-state index in [1.54, 1.807) is 0 Å². The van der Waals surface area contributed by atoms with Gasteiger partial charge in [-0.25, -0.2) is 4.79 Å². The molecule has 1 atom stereocenters. The fourth-order valence-corrected chi connectivity index (χ4v) is 3.31. The predicted octanol–water partition coefficient (Wildman–Crippen LogP) is 3.24. The summed E-state index contributed by atoms with van der Waals surface area (Å²) in [4.78, 5) is 23.9. The Morgan fingerprint density at radius 3 is 2.46 bits per heavy atom. The van der Waals surface area contributed by atoms with Crippen LogP contribution in [0.3, 0.4) is 0 Å². The SMILES string of the molecule is CS(=O)c1cc(C(F)(F)F)ccc1C(=O)c1c(C(=O)O)noc1C1CC1. The summed E-state index contributed by atoms with van der Waals surface area (Å²) in [6.07, 6.45) is -2.15. The van der Waals surface area contributed by atoms with Crippen LogP contribution in [0, 0.1) is 0 Å². The highest BCUT2D eigenvalue weighted by Crippen LogP contribution is 2.43. The van der Waals surface area contributed by atoms with E-state index in [2.05, 4.69) is 5.16 Å². The minimum absolute atomic E-state index is 0.0973. The Hall–Kier alpha value is -2.49. The van der Waals surface area contributed by atoms with Gasteiger partial charge in [0.2, 0.25) is 5.69 Å². The standard InChI is InChI=1S/C16H12F3NO5S/c1-26(24)10-6-8(16(17,18)19)4-5-9(10)13(21)11-12(15(22)23)20-25-14(11)7-2-3-7/h4-7H,2-3H2,1H3,(H,22,23). The summed E-state index contributed by atoms with van der Waals surface area (Å²) in [6, 6.07) is 2.22. The van der Waals surface area contributed by atoms with Crippen molar-refractivity contribution in [3.05, 3.63) is 46.3 Å². The van der Waals surface area contributed by atoms with Crippen LogP contribution in [-0.4, -0.2) is 32.5 Å². The molecule has 0 amide bonds. The van der Waals surface area contributed by atoms with Gasteiger partial charge < -0.3 is 9.63 Å². The molecule has 0 bridgehead atoms. The van der Waals surface area contributed by atoms with Gasteiger partial charge in [-0.3, -0.25) is 9.00 Å². The van der Waals surface area contributed by atoms with E-state index in [1.165, 1.54) is 0 Å². The van der Waals surface area contributed by atoms with E-state index >= 15 is 0 Å². The summed E-state index contributed by atoms with van der Waals surface area (Å²) in [6.45, 7) is 0. The second kappa shape index (κ2) is 6.35. The van der Waals surface area contributed by atoms with Crippen LogP contribution in [0.2, 0.25) is 0 Å². The molecule has 1 fully saturated rings. The van der Waals surface area contributed by atoms with E-state index in [0.29, 0.717) is 25.0 Å². The maximum Gasteiger partial charge on any atom is 0.416 e. The molecule has 10 heteroatoms. The molecule has 1 unspecified atom stereocenters. The lowest BCUT2D eigenvalue weighted by molar-refractivity contribution is -0.137. The van der Waals surface area contributed by atoms with Crippen LogP contribution in [-0.2, 0) is 17.0 Å². The van der Waals surface area contributed by atoms with Gasteiger partial charge in [0.05, 0.1) is 21.3 Å². The van der Waals surface area contributed by atoms with Gasteiger partial charge in [0.25, 0.3) is 0 Å². The van der Waals surface area contributed by atoms with Crippen molar-refractivity contribution in [2.24, 2.45) is 0 Å². The van der Waals surface area contributed by atoms with Crippen LogP contribution in [0.4, 0.5) is 13.2 Å². The summed E-state index contributed by atoms with van der Waals surface area (Å²) < 4.78 is 55.6. The molecule has 1 saturated carbocycles. The molecule has 1 N–H and O–H groups in total. The van der Waals surface area contributed by atoms with Gasteiger partial charge in [-0.05, 0) is 31.0 Å². The fraction of sp³-hybridized carbons (Fsp3) is 0.312. The highest BCUT2D eigenvalue weighted by atomic mass is 32.2. The lowest BCUT2D eigenvalue weighted by Crippen LogP contribution is -2.14. The number of carboxylic acids is 1. The molecule has 1 aromatic carbocycles. The lowest BCUT2D eigenvalue weighted by Gasteiger charge is -2.11. The Kier molecular flexibility index (Phi) is 4.47. The van der Waals surface area contributed by atoms with Crippen molar-refractivity contribution in [3.63, 3.8) is 0 Å². The number of halogens is 3. The van der Waals surface area contributed by atoms with E-state index in [4.69, 9.17) is 4.52 Å². The average Bonchev–Trinajstić information content (AvgIpc) is 3.30. The number of alkyl halides is 3. The number of carbonyl (C=O) groups is 2. The molecule has 2 aromatic rings. The van der Waals surface area contributed by atoms with Crippen LogP contribution in [0.1, 0.15) is 56.5 Å². The number of carbonyl (C=O) groups excluding carboxylic acids is 1. The quantitative estimate of drug-likeness (QED) is 0.791. The Morgan fingerprint density at radius 1 is 1.31 bits per heavy atom. The number of hydrogen-bond donors (Lipinski definition) is 1. The first kappa shape index (κ1) is 18.3. The lowest BCUT2D eigenvalue weighted by atomic mass is 9.98. The average molecular weight is 387 g/mol. The third kappa shape index (κ3) is 3.28. The molecular formula is C16H12F3NO5S. The van der Waals surface area contributed by atoms with Crippen LogP contribution in [0.15, 0.2) is 27.6 Å². The zero-order valence-electron chi connectivity index (χ0n) is 13.3. The highest BCUT2D eigenvalue weighted by Gasteiger charge is 2.38. The molecule has 138 valence electrons. The molecule has 1 aromatic heterocycles. The first-order valence-electron chi connectivity index (χ1n) is 7.43. The number of ketones is 1. The van der Waals surface area contributed by atoms with Crippen molar-refractivity contribution in [1.29, 1.82) is 0 Å². The van der Waals surface area contributed by atoms with Gasteiger partial charge in [-0.15, -0.1) is 0 Å². The van der Waals surface area contributed by atoms with E-state index < -0.39 is 40.0 Å². The topological polar surface area (TPSA) is 97.5 Å².